The summed E-state index contributed by atoms with van der Waals surface area (Å²) in [6.45, 7) is 0.831. The first-order valence-corrected chi connectivity index (χ1v) is 6.30. The molecular formula is C13H12F3N3O. The van der Waals surface area contributed by atoms with Gasteiger partial charge >= 0.3 is 11.9 Å². The van der Waals surface area contributed by atoms with Crippen LogP contribution in [0.25, 0.3) is 10.9 Å². The van der Waals surface area contributed by atoms with Crippen molar-refractivity contribution >= 4 is 10.9 Å². The molecule has 106 valence electrons. The third-order valence-corrected chi connectivity index (χ3v) is 3.49. The summed E-state index contributed by atoms with van der Waals surface area (Å²) in [5, 5.41) is 3.77. The fourth-order valence-corrected chi connectivity index (χ4v) is 2.55. The third-order valence-electron chi connectivity index (χ3n) is 3.49. The van der Waals surface area contributed by atoms with Gasteiger partial charge in [0.2, 0.25) is 0 Å². The summed E-state index contributed by atoms with van der Waals surface area (Å²) in [6, 6.07) is 3.27. The molecule has 0 radical (unpaired) electrons. The number of aromatic amines is 1. The Bertz CT molecular complexity index is 702. The molecule has 20 heavy (non-hydrogen) atoms. The number of hydrogen-bond donors (Lipinski definition) is 2. The number of H-pyrrole nitrogens is 1. The second kappa shape index (κ2) is 4.59. The van der Waals surface area contributed by atoms with E-state index in [0.717, 1.165) is 31.5 Å². The minimum Gasteiger partial charge on any atom is -0.309 e. The molecule has 0 saturated carbocycles. The van der Waals surface area contributed by atoms with E-state index in [1.54, 1.807) is 0 Å². The van der Waals surface area contributed by atoms with Gasteiger partial charge in [-0.1, -0.05) is 6.07 Å². The quantitative estimate of drug-likeness (QED) is 0.844. The molecule has 1 aliphatic heterocycles. The predicted octanol–water partition coefficient (Wildman–Crippen LogP) is 2.37. The maximum Gasteiger partial charge on any atom is 0.416 e. The van der Waals surface area contributed by atoms with Crippen LogP contribution in [0, 0.1) is 0 Å². The van der Waals surface area contributed by atoms with Gasteiger partial charge in [-0.25, -0.2) is 4.79 Å². The standard InChI is InChI=1S/C13H12F3N3O/c14-13(15,16)7-3-4-8-10(6-7)18-12(20)19-11(8)9-2-1-5-17-9/h3-4,6,9,17H,1-2,5H2,(H,18,19,20). The molecule has 1 unspecified atom stereocenters. The van der Waals surface area contributed by atoms with Crippen molar-refractivity contribution in [2.75, 3.05) is 6.54 Å². The van der Waals surface area contributed by atoms with Gasteiger partial charge in [-0.2, -0.15) is 18.2 Å². The molecule has 3 rings (SSSR count). The Morgan fingerprint density at radius 1 is 1.30 bits per heavy atom. The van der Waals surface area contributed by atoms with Gasteiger partial charge in [0.1, 0.15) is 0 Å². The van der Waals surface area contributed by atoms with Crippen molar-refractivity contribution in [1.82, 2.24) is 15.3 Å². The van der Waals surface area contributed by atoms with Crippen molar-refractivity contribution in [2.45, 2.75) is 25.1 Å². The number of alkyl halides is 3. The van der Waals surface area contributed by atoms with E-state index in [2.05, 4.69) is 15.3 Å². The predicted molar refractivity (Wildman–Crippen MR) is 67.3 cm³/mol. The molecule has 1 fully saturated rings. The Labute approximate surface area is 112 Å². The Hall–Kier alpha value is -1.89. The summed E-state index contributed by atoms with van der Waals surface area (Å²) < 4.78 is 38.1. The van der Waals surface area contributed by atoms with E-state index in [9.17, 15) is 18.0 Å². The molecule has 0 spiro atoms. The van der Waals surface area contributed by atoms with Crippen molar-refractivity contribution in [3.8, 4) is 0 Å². The first-order valence-electron chi connectivity index (χ1n) is 6.30. The van der Waals surface area contributed by atoms with Gasteiger partial charge in [0.15, 0.2) is 0 Å². The van der Waals surface area contributed by atoms with Gasteiger partial charge in [-0.05, 0) is 31.5 Å². The van der Waals surface area contributed by atoms with Crippen LogP contribution in [0.5, 0.6) is 0 Å². The fraction of sp³-hybridized carbons (Fsp3) is 0.385. The van der Waals surface area contributed by atoms with E-state index in [1.807, 2.05) is 0 Å². The minimum atomic E-state index is -4.44. The average molecular weight is 283 g/mol. The highest BCUT2D eigenvalue weighted by molar-refractivity contribution is 5.82. The van der Waals surface area contributed by atoms with Gasteiger partial charge < -0.3 is 10.3 Å². The van der Waals surface area contributed by atoms with Crippen LogP contribution in [0.1, 0.15) is 30.1 Å². The molecule has 4 nitrogen and oxygen atoms in total. The number of hydrogen-bond acceptors (Lipinski definition) is 3. The molecule has 2 aromatic rings. The Morgan fingerprint density at radius 3 is 2.75 bits per heavy atom. The monoisotopic (exact) mass is 283 g/mol. The second-order valence-electron chi connectivity index (χ2n) is 4.83. The molecule has 0 bridgehead atoms. The van der Waals surface area contributed by atoms with Crippen LogP contribution in [0.4, 0.5) is 13.2 Å². The largest absolute Gasteiger partial charge is 0.416 e. The van der Waals surface area contributed by atoms with E-state index in [-0.39, 0.29) is 11.6 Å². The van der Waals surface area contributed by atoms with Gasteiger partial charge in [-0.15, -0.1) is 0 Å². The smallest absolute Gasteiger partial charge is 0.309 e. The number of rotatable bonds is 1. The zero-order valence-electron chi connectivity index (χ0n) is 10.4. The van der Waals surface area contributed by atoms with Crippen LogP contribution in [0.3, 0.4) is 0 Å². The summed E-state index contributed by atoms with van der Waals surface area (Å²) in [6.07, 6.45) is -2.63. The van der Waals surface area contributed by atoms with E-state index < -0.39 is 17.4 Å². The summed E-state index contributed by atoms with van der Waals surface area (Å²) >= 11 is 0. The zero-order chi connectivity index (χ0) is 14.3. The molecule has 0 amide bonds. The highest BCUT2D eigenvalue weighted by atomic mass is 19.4. The van der Waals surface area contributed by atoms with Crippen LogP contribution in [-0.4, -0.2) is 16.5 Å². The molecule has 1 aliphatic rings. The minimum absolute atomic E-state index is 0.0371. The van der Waals surface area contributed by atoms with Crippen LogP contribution >= 0.6 is 0 Å². The summed E-state index contributed by atoms with van der Waals surface area (Å²) in [5.74, 6) is 0. The van der Waals surface area contributed by atoms with E-state index in [0.29, 0.717) is 11.1 Å². The lowest BCUT2D eigenvalue weighted by Gasteiger charge is -2.14. The lowest BCUT2D eigenvalue weighted by atomic mass is 10.0. The number of benzene rings is 1. The van der Waals surface area contributed by atoms with Crippen LogP contribution in [0.2, 0.25) is 0 Å². The Morgan fingerprint density at radius 2 is 2.10 bits per heavy atom. The molecule has 7 heteroatoms. The molecule has 0 aliphatic carbocycles. The number of nitrogens with one attached hydrogen (secondary N) is 2. The molecule has 2 heterocycles. The molecule has 1 aromatic heterocycles. The summed E-state index contributed by atoms with van der Waals surface area (Å²) in [4.78, 5) is 17.8. The van der Waals surface area contributed by atoms with E-state index in [1.165, 1.54) is 6.07 Å². The van der Waals surface area contributed by atoms with Crippen molar-refractivity contribution in [2.24, 2.45) is 0 Å². The lowest BCUT2D eigenvalue weighted by molar-refractivity contribution is -0.137. The Balaban J connectivity index is 2.19. The van der Waals surface area contributed by atoms with Gasteiger partial charge in [-0.3, -0.25) is 0 Å². The highest BCUT2D eigenvalue weighted by Gasteiger charge is 2.31. The molecule has 1 atom stereocenters. The van der Waals surface area contributed by atoms with E-state index in [4.69, 9.17) is 0 Å². The molecule has 1 saturated heterocycles. The van der Waals surface area contributed by atoms with Crippen molar-refractivity contribution in [3.05, 3.63) is 39.9 Å². The number of aromatic nitrogens is 2. The van der Waals surface area contributed by atoms with Crippen LogP contribution in [-0.2, 0) is 6.18 Å². The van der Waals surface area contributed by atoms with Gasteiger partial charge in [0.05, 0.1) is 11.1 Å². The van der Waals surface area contributed by atoms with Crippen molar-refractivity contribution < 1.29 is 13.2 Å². The fourth-order valence-electron chi connectivity index (χ4n) is 2.55. The van der Waals surface area contributed by atoms with E-state index >= 15 is 0 Å². The van der Waals surface area contributed by atoms with Crippen molar-refractivity contribution in [1.29, 1.82) is 0 Å². The van der Waals surface area contributed by atoms with Crippen molar-refractivity contribution in [3.63, 3.8) is 0 Å². The normalized spacial score (nSPS) is 19.6. The average Bonchev–Trinajstić information content (AvgIpc) is 2.89. The first kappa shape index (κ1) is 13.1. The first-order chi connectivity index (χ1) is 9.45. The van der Waals surface area contributed by atoms with Gasteiger partial charge in [0, 0.05) is 17.1 Å². The highest BCUT2D eigenvalue weighted by Crippen LogP contribution is 2.32. The second-order valence-corrected chi connectivity index (χ2v) is 4.83. The maximum atomic E-state index is 12.7. The lowest BCUT2D eigenvalue weighted by Crippen LogP contribution is -2.21. The zero-order valence-corrected chi connectivity index (χ0v) is 10.4. The van der Waals surface area contributed by atoms with Crippen LogP contribution in [0.15, 0.2) is 23.0 Å². The van der Waals surface area contributed by atoms with Crippen LogP contribution < -0.4 is 11.0 Å². The third kappa shape index (κ3) is 2.29. The topological polar surface area (TPSA) is 57.8 Å². The summed E-state index contributed by atoms with van der Waals surface area (Å²) in [7, 11) is 0. The maximum absolute atomic E-state index is 12.7. The number of fused-ring (bicyclic) bond motifs is 1. The van der Waals surface area contributed by atoms with Gasteiger partial charge in [0.25, 0.3) is 0 Å². The SMILES string of the molecule is O=c1nc2cc(C(F)(F)F)ccc2c(C2CCCN2)[nH]1. The Kier molecular flexibility index (Phi) is 3.01. The number of nitrogens with zero attached hydrogens (tertiary/aromatic N) is 1. The molecule has 2 N–H and O–H groups in total. The summed E-state index contributed by atoms with van der Waals surface area (Å²) in [5.41, 5.74) is -0.729. The molecule has 1 aromatic carbocycles. The number of halogens is 3. The molecular weight excluding hydrogens is 271 g/mol.